The molecule has 0 spiro atoms. The van der Waals surface area contributed by atoms with E-state index in [1.165, 1.54) is 19.3 Å². The average molecular weight is 403 g/mol. The maximum atomic E-state index is 12.3. The minimum absolute atomic E-state index is 0.0114. The van der Waals surface area contributed by atoms with Gasteiger partial charge in [-0.05, 0) is 31.7 Å². The lowest BCUT2D eigenvalue weighted by molar-refractivity contribution is -0.122. The van der Waals surface area contributed by atoms with Gasteiger partial charge in [0, 0.05) is 37.3 Å². The zero-order valence-electron chi connectivity index (χ0n) is 17.4. The number of methoxy groups -OCH3 is 1. The first-order valence-corrected chi connectivity index (χ1v) is 10.8. The lowest BCUT2D eigenvalue weighted by Crippen LogP contribution is -2.51. The summed E-state index contributed by atoms with van der Waals surface area (Å²) in [7, 11) is 1.63. The fourth-order valence-electron chi connectivity index (χ4n) is 4.20. The molecular weight excluding hydrogens is 368 g/mol. The van der Waals surface area contributed by atoms with E-state index in [0.717, 1.165) is 50.1 Å². The van der Waals surface area contributed by atoms with Crippen molar-refractivity contribution in [3.05, 3.63) is 29.8 Å². The number of carbonyl (C=O) groups excluding carboxylic acids is 2. The van der Waals surface area contributed by atoms with Gasteiger partial charge in [0.05, 0.1) is 13.7 Å². The molecule has 1 aliphatic carbocycles. The molecule has 3 rings (SSSR count). The number of para-hydroxylation sites is 1. The van der Waals surface area contributed by atoms with Gasteiger partial charge in [-0.3, -0.25) is 9.69 Å². The number of nitrogens with zero attached hydrogens (tertiary/aromatic N) is 1. The zero-order valence-corrected chi connectivity index (χ0v) is 17.4. The number of ether oxygens (including phenoxy) is 1. The van der Waals surface area contributed by atoms with Crippen molar-refractivity contribution >= 4 is 11.9 Å². The van der Waals surface area contributed by atoms with E-state index in [4.69, 9.17) is 4.74 Å². The van der Waals surface area contributed by atoms with E-state index >= 15 is 0 Å². The summed E-state index contributed by atoms with van der Waals surface area (Å²) in [6.07, 6.45) is 7.64. The first-order chi connectivity index (χ1) is 14.1. The van der Waals surface area contributed by atoms with Gasteiger partial charge in [0.2, 0.25) is 5.91 Å². The minimum atomic E-state index is -0.0371. The molecule has 1 saturated heterocycles. The maximum absolute atomic E-state index is 12.3. The first-order valence-electron chi connectivity index (χ1n) is 10.8. The van der Waals surface area contributed by atoms with Crippen LogP contribution in [0.5, 0.6) is 5.75 Å². The Hall–Kier alpha value is -2.28. The molecule has 0 bridgehead atoms. The van der Waals surface area contributed by atoms with E-state index in [1.54, 1.807) is 7.11 Å². The van der Waals surface area contributed by atoms with Gasteiger partial charge in [0.25, 0.3) is 0 Å². The Morgan fingerprint density at radius 1 is 1.00 bits per heavy atom. The predicted octanol–water partition coefficient (Wildman–Crippen LogP) is 2.41. The number of carbonyl (C=O) groups is 2. The third-order valence-corrected chi connectivity index (χ3v) is 5.90. The van der Waals surface area contributed by atoms with Crippen LogP contribution in [0.3, 0.4) is 0 Å². The standard InChI is InChI=1S/C22H34N4O3/c1-29-20-10-6-5-7-17(20)15-23-21(27)16-26-13-11-19(12-14-26)25-22(28)24-18-8-3-2-4-9-18/h5-7,10,18-19H,2-4,8-9,11-16H2,1H3,(H,23,27)(H2,24,25,28). The molecule has 0 unspecified atom stereocenters. The normalized spacial score (nSPS) is 18.8. The van der Waals surface area contributed by atoms with Crippen LogP contribution in [0.2, 0.25) is 0 Å². The highest BCUT2D eigenvalue weighted by Crippen LogP contribution is 2.18. The SMILES string of the molecule is COc1ccccc1CNC(=O)CN1CCC(NC(=O)NC2CCCCC2)CC1. The third kappa shape index (κ3) is 6.92. The van der Waals surface area contributed by atoms with Crippen LogP contribution in [-0.4, -0.2) is 55.7 Å². The van der Waals surface area contributed by atoms with Crippen LogP contribution in [0, 0.1) is 0 Å². The number of amides is 3. The molecule has 160 valence electrons. The molecule has 3 amide bonds. The van der Waals surface area contributed by atoms with Crippen molar-refractivity contribution in [2.75, 3.05) is 26.7 Å². The summed E-state index contributed by atoms with van der Waals surface area (Å²) in [6.45, 7) is 2.48. The summed E-state index contributed by atoms with van der Waals surface area (Å²) in [5, 5.41) is 9.19. The largest absolute Gasteiger partial charge is 0.496 e. The van der Waals surface area contributed by atoms with E-state index in [-0.39, 0.29) is 18.0 Å². The molecule has 1 heterocycles. The molecule has 7 nitrogen and oxygen atoms in total. The average Bonchev–Trinajstić information content (AvgIpc) is 2.74. The summed E-state index contributed by atoms with van der Waals surface area (Å²) < 4.78 is 5.32. The summed E-state index contributed by atoms with van der Waals surface area (Å²) in [4.78, 5) is 26.6. The van der Waals surface area contributed by atoms with Crippen LogP contribution < -0.4 is 20.7 Å². The zero-order chi connectivity index (χ0) is 20.5. The molecule has 1 aliphatic heterocycles. The van der Waals surface area contributed by atoms with Crippen molar-refractivity contribution in [3.63, 3.8) is 0 Å². The second-order valence-corrected chi connectivity index (χ2v) is 8.09. The molecule has 1 aromatic rings. The molecule has 1 aromatic carbocycles. The smallest absolute Gasteiger partial charge is 0.315 e. The molecule has 29 heavy (non-hydrogen) atoms. The van der Waals surface area contributed by atoms with Gasteiger partial charge < -0.3 is 20.7 Å². The Morgan fingerprint density at radius 2 is 1.66 bits per heavy atom. The third-order valence-electron chi connectivity index (χ3n) is 5.90. The van der Waals surface area contributed by atoms with Crippen molar-refractivity contribution in [3.8, 4) is 5.75 Å². The predicted molar refractivity (Wildman–Crippen MR) is 113 cm³/mol. The van der Waals surface area contributed by atoms with E-state index in [1.807, 2.05) is 24.3 Å². The van der Waals surface area contributed by atoms with Gasteiger partial charge in [0.15, 0.2) is 0 Å². The second kappa shape index (κ2) is 11.0. The van der Waals surface area contributed by atoms with Gasteiger partial charge >= 0.3 is 6.03 Å². The van der Waals surface area contributed by atoms with Crippen LogP contribution in [0.1, 0.15) is 50.5 Å². The number of hydrogen-bond donors (Lipinski definition) is 3. The van der Waals surface area contributed by atoms with Gasteiger partial charge in [-0.2, -0.15) is 0 Å². The van der Waals surface area contributed by atoms with E-state index in [2.05, 4.69) is 20.9 Å². The van der Waals surface area contributed by atoms with Gasteiger partial charge in [-0.25, -0.2) is 4.79 Å². The molecule has 3 N–H and O–H groups in total. The van der Waals surface area contributed by atoms with Gasteiger partial charge in [0.1, 0.15) is 5.75 Å². The summed E-state index contributed by atoms with van der Waals surface area (Å²) in [6, 6.07) is 8.18. The topological polar surface area (TPSA) is 82.7 Å². The van der Waals surface area contributed by atoms with Gasteiger partial charge in [-0.15, -0.1) is 0 Å². The fourth-order valence-corrected chi connectivity index (χ4v) is 4.20. The Kier molecular flexibility index (Phi) is 8.16. The molecule has 7 heteroatoms. The number of hydrogen-bond acceptors (Lipinski definition) is 4. The quantitative estimate of drug-likeness (QED) is 0.654. The summed E-state index contributed by atoms with van der Waals surface area (Å²) in [5.74, 6) is 0.795. The van der Waals surface area contributed by atoms with Crippen LogP contribution >= 0.6 is 0 Å². The Balaban J connectivity index is 1.32. The second-order valence-electron chi connectivity index (χ2n) is 8.09. The lowest BCUT2D eigenvalue weighted by Gasteiger charge is -2.32. The van der Waals surface area contributed by atoms with Crippen LogP contribution in [0.15, 0.2) is 24.3 Å². The molecule has 1 saturated carbocycles. The van der Waals surface area contributed by atoms with Crippen molar-refractivity contribution < 1.29 is 14.3 Å². The lowest BCUT2D eigenvalue weighted by atomic mass is 9.96. The minimum Gasteiger partial charge on any atom is -0.496 e. The number of urea groups is 1. The molecular formula is C22H34N4O3. The molecule has 2 fully saturated rings. The molecule has 0 aromatic heterocycles. The number of piperidine rings is 1. The number of likely N-dealkylation sites (tertiary alicyclic amines) is 1. The van der Waals surface area contributed by atoms with E-state index < -0.39 is 0 Å². The number of benzene rings is 1. The fraction of sp³-hybridized carbons (Fsp3) is 0.636. The Bertz CT molecular complexity index is 668. The van der Waals surface area contributed by atoms with Crippen molar-refractivity contribution in [2.45, 2.75) is 63.6 Å². The summed E-state index contributed by atoms with van der Waals surface area (Å²) >= 11 is 0. The highest BCUT2D eigenvalue weighted by molar-refractivity contribution is 5.78. The maximum Gasteiger partial charge on any atom is 0.315 e. The number of nitrogens with one attached hydrogen (secondary N) is 3. The highest BCUT2D eigenvalue weighted by Gasteiger charge is 2.23. The van der Waals surface area contributed by atoms with E-state index in [0.29, 0.717) is 19.1 Å². The van der Waals surface area contributed by atoms with E-state index in [9.17, 15) is 9.59 Å². The molecule has 2 aliphatic rings. The van der Waals surface area contributed by atoms with Crippen LogP contribution in [0.25, 0.3) is 0 Å². The summed E-state index contributed by atoms with van der Waals surface area (Å²) in [5.41, 5.74) is 0.968. The van der Waals surface area contributed by atoms with Crippen LogP contribution in [0.4, 0.5) is 4.79 Å². The van der Waals surface area contributed by atoms with Gasteiger partial charge in [-0.1, -0.05) is 37.5 Å². The first kappa shape index (κ1) is 21.4. The van der Waals surface area contributed by atoms with Crippen molar-refractivity contribution in [1.29, 1.82) is 0 Å². The van der Waals surface area contributed by atoms with Crippen molar-refractivity contribution in [2.24, 2.45) is 0 Å². The Labute approximate surface area is 173 Å². The molecule has 0 radical (unpaired) electrons. The van der Waals surface area contributed by atoms with Crippen LogP contribution in [-0.2, 0) is 11.3 Å². The highest BCUT2D eigenvalue weighted by atomic mass is 16.5. The van der Waals surface area contributed by atoms with Crippen molar-refractivity contribution in [1.82, 2.24) is 20.9 Å². The Morgan fingerprint density at radius 3 is 2.34 bits per heavy atom. The molecule has 0 atom stereocenters. The number of rotatable bonds is 7. The monoisotopic (exact) mass is 402 g/mol.